The fourth-order valence-electron chi connectivity index (χ4n) is 4.04. The van der Waals surface area contributed by atoms with Gasteiger partial charge in [0.05, 0.1) is 5.02 Å². The largest absolute Gasteiger partial charge is 0.506 e. The van der Waals surface area contributed by atoms with Crippen LogP contribution in [0, 0.1) is 0 Å². The molecule has 1 amide bonds. The van der Waals surface area contributed by atoms with Crippen LogP contribution in [0.3, 0.4) is 0 Å². The number of carbonyl (C=O) groups excluding carboxylic acids is 1. The molecule has 1 aliphatic carbocycles. The predicted octanol–water partition coefficient (Wildman–Crippen LogP) is 3.99. The fraction of sp³-hybridized carbons (Fsp3) is 0.316. The number of likely N-dealkylation sites (tertiary alicyclic amines) is 1. The molecule has 2 aromatic carbocycles. The highest BCUT2D eigenvalue weighted by atomic mass is 35.5. The minimum atomic E-state index is -0.0409. The first kappa shape index (κ1) is 14.6. The Morgan fingerprint density at radius 1 is 1.22 bits per heavy atom. The zero-order valence-electron chi connectivity index (χ0n) is 12.7. The average molecular weight is 328 g/mol. The number of hydrogen-bond acceptors (Lipinski definition) is 2. The molecule has 1 unspecified atom stereocenters. The number of piperidine rings is 1. The van der Waals surface area contributed by atoms with Crippen molar-refractivity contribution in [2.24, 2.45) is 0 Å². The van der Waals surface area contributed by atoms with Crippen LogP contribution in [-0.2, 0) is 6.42 Å². The third kappa shape index (κ3) is 2.40. The maximum atomic E-state index is 12.9. The van der Waals surface area contributed by atoms with Crippen molar-refractivity contribution in [3.63, 3.8) is 0 Å². The number of phenolic OH excluding ortho intramolecular Hbond substituents is 1. The fourth-order valence-corrected chi connectivity index (χ4v) is 4.16. The first-order chi connectivity index (χ1) is 11.1. The van der Waals surface area contributed by atoms with Gasteiger partial charge < -0.3 is 10.0 Å². The second kappa shape index (κ2) is 5.57. The van der Waals surface area contributed by atoms with E-state index in [9.17, 15) is 9.90 Å². The number of amides is 1. The number of halogens is 1. The third-order valence-corrected chi connectivity index (χ3v) is 5.44. The van der Waals surface area contributed by atoms with Crippen molar-refractivity contribution in [1.82, 2.24) is 4.90 Å². The second-order valence-electron chi connectivity index (χ2n) is 6.38. The van der Waals surface area contributed by atoms with Gasteiger partial charge in [0.1, 0.15) is 5.75 Å². The molecule has 2 aliphatic rings. The summed E-state index contributed by atoms with van der Waals surface area (Å²) in [4.78, 5) is 14.9. The van der Waals surface area contributed by atoms with Gasteiger partial charge in [-0.25, -0.2) is 0 Å². The molecule has 1 saturated heterocycles. The minimum Gasteiger partial charge on any atom is -0.506 e. The Labute approximate surface area is 140 Å². The van der Waals surface area contributed by atoms with Crippen LogP contribution in [0.5, 0.6) is 5.75 Å². The van der Waals surface area contributed by atoms with Gasteiger partial charge in [0.25, 0.3) is 5.91 Å². The van der Waals surface area contributed by atoms with Crippen molar-refractivity contribution in [3.8, 4) is 5.75 Å². The normalized spacial score (nSPS) is 22.6. The van der Waals surface area contributed by atoms with Crippen LogP contribution in [0.15, 0.2) is 42.5 Å². The zero-order chi connectivity index (χ0) is 16.0. The molecular formula is C19H18ClNO2. The van der Waals surface area contributed by atoms with Crippen molar-refractivity contribution >= 4 is 17.5 Å². The maximum absolute atomic E-state index is 12.9. The Balaban J connectivity index is 1.65. The minimum absolute atomic E-state index is 0.0144. The van der Waals surface area contributed by atoms with E-state index in [1.54, 1.807) is 12.1 Å². The van der Waals surface area contributed by atoms with Crippen LogP contribution in [0.1, 0.15) is 40.2 Å². The molecule has 2 atom stereocenters. The monoisotopic (exact) mass is 327 g/mol. The molecule has 0 bridgehead atoms. The molecule has 0 spiro atoms. The van der Waals surface area contributed by atoms with E-state index in [1.807, 2.05) is 4.90 Å². The molecular weight excluding hydrogens is 310 g/mol. The van der Waals surface area contributed by atoms with Crippen LogP contribution in [0.2, 0.25) is 5.02 Å². The molecule has 3 nitrogen and oxygen atoms in total. The number of nitrogens with zero attached hydrogens (tertiary/aromatic N) is 1. The molecule has 118 valence electrons. The van der Waals surface area contributed by atoms with Gasteiger partial charge in [0.15, 0.2) is 0 Å². The maximum Gasteiger partial charge on any atom is 0.254 e. The molecule has 1 aliphatic heterocycles. The molecule has 0 radical (unpaired) electrons. The summed E-state index contributed by atoms with van der Waals surface area (Å²) in [6, 6.07) is 13.5. The molecule has 2 aromatic rings. The highest BCUT2D eigenvalue weighted by Gasteiger charge is 2.40. The van der Waals surface area contributed by atoms with Gasteiger partial charge >= 0.3 is 0 Å². The van der Waals surface area contributed by atoms with E-state index < -0.39 is 0 Å². The Morgan fingerprint density at radius 3 is 2.87 bits per heavy atom. The SMILES string of the molecule is O=C(c1ccc(Cl)c(O)c1)N1CCC[C@@H]2c3ccccc3CC21. The van der Waals surface area contributed by atoms with Gasteiger partial charge in [-0.1, -0.05) is 35.9 Å². The topological polar surface area (TPSA) is 40.5 Å². The van der Waals surface area contributed by atoms with E-state index >= 15 is 0 Å². The Kier molecular flexibility index (Phi) is 3.53. The van der Waals surface area contributed by atoms with E-state index in [0.717, 1.165) is 25.8 Å². The molecule has 1 fully saturated rings. The lowest BCUT2D eigenvalue weighted by atomic mass is 9.88. The van der Waals surface area contributed by atoms with Crippen LogP contribution in [0.25, 0.3) is 0 Å². The Morgan fingerprint density at radius 2 is 2.04 bits per heavy atom. The zero-order valence-corrected chi connectivity index (χ0v) is 13.5. The van der Waals surface area contributed by atoms with Gasteiger partial charge in [-0.3, -0.25) is 4.79 Å². The molecule has 1 heterocycles. The first-order valence-electron chi connectivity index (χ1n) is 8.02. The summed E-state index contributed by atoms with van der Waals surface area (Å²) in [6.07, 6.45) is 3.07. The summed E-state index contributed by atoms with van der Waals surface area (Å²) in [5.41, 5.74) is 3.26. The van der Waals surface area contributed by atoms with Crippen LogP contribution in [0.4, 0.5) is 0 Å². The molecule has 4 heteroatoms. The summed E-state index contributed by atoms with van der Waals surface area (Å²) < 4.78 is 0. The third-order valence-electron chi connectivity index (χ3n) is 5.12. The average Bonchev–Trinajstić information content (AvgIpc) is 2.95. The van der Waals surface area contributed by atoms with Crippen molar-refractivity contribution in [3.05, 3.63) is 64.2 Å². The van der Waals surface area contributed by atoms with E-state index in [4.69, 9.17) is 11.6 Å². The number of hydrogen-bond donors (Lipinski definition) is 1. The molecule has 4 rings (SSSR count). The van der Waals surface area contributed by atoms with E-state index in [-0.39, 0.29) is 22.7 Å². The van der Waals surface area contributed by atoms with E-state index in [2.05, 4.69) is 24.3 Å². The summed E-state index contributed by atoms with van der Waals surface area (Å²) in [6.45, 7) is 0.775. The Hall–Kier alpha value is -2.00. The van der Waals surface area contributed by atoms with Crippen LogP contribution >= 0.6 is 11.6 Å². The summed E-state index contributed by atoms with van der Waals surface area (Å²) in [5.74, 6) is 0.380. The number of benzene rings is 2. The number of carbonyl (C=O) groups is 1. The summed E-state index contributed by atoms with van der Waals surface area (Å²) in [7, 11) is 0. The Bertz CT molecular complexity index is 774. The van der Waals surface area contributed by atoms with Crippen LogP contribution in [-0.4, -0.2) is 28.5 Å². The van der Waals surface area contributed by atoms with Crippen molar-refractivity contribution in [2.75, 3.05) is 6.54 Å². The lowest BCUT2D eigenvalue weighted by Crippen LogP contribution is -2.46. The summed E-state index contributed by atoms with van der Waals surface area (Å²) >= 11 is 5.85. The molecule has 0 aromatic heterocycles. The molecule has 0 saturated carbocycles. The predicted molar refractivity (Wildman–Crippen MR) is 90.1 cm³/mol. The highest BCUT2D eigenvalue weighted by molar-refractivity contribution is 6.32. The lowest BCUT2D eigenvalue weighted by molar-refractivity contribution is 0.0595. The van der Waals surface area contributed by atoms with Gasteiger partial charge in [-0.2, -0.15) is 0 Å². The smallest absolute Gasteiger partial charge is 0.254 e. The number of rotatable bonds is 1. The number of phenols is 1. The van der Waals surface area contributed by atoms with E-state index in [1.165, 1.54) is 17.2 Å². The lowest BCUT2D eigenvalue weighted by Gasteiger charge is -2.38. The first-order valence-corrected chi connectivity index (χ1v) is 8.40. The van der Waals surface area contributed by atoms with Gasteiger partial charge in [-0.15, -0.1) is 0 Å². The molecule has 23 heavy (non-hydrogen) atoms. The van der Waals surface area contributed by atoms with Gasteiger partial charge in [0, 0.05) is 24.1 Å². The second-order valence-corrected chi connectivity index (χ2v) is 6.79. The molecule has 1 N–H and O–H groups in total. The van der Waals surface area contributed by atoms with Gasteiger partial charge in [0.2, 0.25) is 0 Å². The standard InChI is InChI=1S/C19H18ClNO2/c20-16-8-7-13(11-18(16)22)19(23)21-9-3-6-15-14-5-2-1-4-12(14)10-17(15)21/h1-2,4-5,7-8,11,15,17,22H,3,6,9-10H2/t15-,17?/m1/s1. The number of aromatic hydroxyl groups is 1. The van der Waals surface area contributed by atoms with E-state index in [0.29, 0.717) is 11.5 Å². The van der Waals surface area contributed by atoms with Crippen molar-refractivity contribution in [1.29, 1.82) is 0 Å². The van der Waals surface area contributed by atoms with Crippen LogP contribution < -0.4 is 0 Å². The van der Waals surface area contributed by atoms with Crippen molar-refractivity contribution in [2.45, 2.75) is 31.2 Å². The summed E-state index contributed by atoms with van der Waals surface area (Å²) in [5, 5.41) is 10.0. The van der Waals surface area contributed by atoms with Gasteiger partial charge in [-0.05, 0) is 48.6 Å². The van der Waals surface area contributed by atoms with Crippen molar-refractivity contribution < 1.29 is 9.90 Å². The number of fused-ring (bicyclic) bond motifs is 3. The quantitative estimate of drug-likeness (QED) is 0.860. The highest BCUT2D eigenvalue weighted by Crippen LogP contribution is 2.42.